The lowest BCUT2D eigenvalue weighted by atomic mass is 10.1. The van der Waals surface area contributed by atoms with Gasteiger partial charge in [-0.1, -0.05) is 0 Å². The maximum Gasteiger partial charge on any atom is 0.270 e. The highest BCUT2D eigenvalue weighted by Gasteiger charge is 2.30. The number of carbonyl (C=O) groups is 1. The van der Waals surface area contributed by atoms with Gasteiger partial charge in [-0.05, 0) is 36.6 Å². The van der Waals surface area contributed by atoms with E-state index in [-0.39, 0.29) is 11.9 Å². The molecule has 1 amide bonds. The number of anilines is 1. The van der Waals surface area contributed by atoms with Crippen LogP contribution in [0.3, 0.4) is 0 Å². The number of H-pyrrole nitrogens is 1. The molecule has 1 fully saturated rings. The summed E-state index contributed by atoms with van der Waals surface area (Å²) < 4.78 is 0. The van der Waals surface area contributed by atoms with Gasteiger partial charge in [-0.3, -0.25) is 9.78 Å². The molecule has 0 aromatic carbocycles. The largest absolute Gasteiger partial charge is 0.397 e. The highest BCUT2D eigenvalue weighted by Crippen LogP contribution is 2.32. The molecule has 1 unspecified atom stereocenters. The Morgan fingerprint density at radius 3 is 2.89 bits per heavy atom. The number of hydrogen-bond acceptors (Lipinski definition) is 3. The van der Waals surface area contributed by atoms with Crippen LogP contribution in [-0.4, -0.2) is 27.3 Å². The normalized spacial score (nSPS) is 18.7. The van der Waals surface area contributed by atoms with Crippen LogP contribution in [0.4, 0.5) is 5.69 Å². The van der Waals surface area contributed by atoms with Crippen molar-refractivity contribution in [2.45, 2.75) is 18.9 Å². The summed E-state index contributed by atoms with van der Waals surface area (Å²) in [5.41, 5.74) is 7.93. The predicted octanol–water partition coefficient (Wildman–Crippen LogP) is 1.97. The third-order valence-corrected chi connectivity index (χ3v) is 3.54. The summed E-state index contributed by atoms with van der Waals surface area (Å²) >= 11 is 0. The maximum absolute atomic E-state index is 12.5. The van der Waals surface area contributed by atoms with Crippen LogP contribution in [0.5, 0.6) is 0 Å². The van der Waals surface area contributed by atoms with Crippen molar-refractivity contribution in [2.24, 2.45) is 0 Å². The van der Waals surface area contributed by atoms with Gasteiger partial charge >= 0.3 is 0 Å². The van der Waals surface area contributed by atoms with Crippen molar-refractivity contribution >= 4 is 11.6 Å². The molecule has 1 aliphatic rings. The number of nitrogens with zero attached hydrogens (tertiary/aromatic N) is 2. The fraction of sp³-hybridized carbons (Fsp3) is 0.286. The molecular weight excluding hydrogens is 240 g/mol. The molecule has 1 atom stereocenters. The van der Waals surface area contributed by atoms with E-state index in [1.165, 1.54) is 0 Å². The Balaban J connectivity index is 1.86. The number of amides is 1. The summed E-state index contributed by atoms with van der Waals surface area (Å²) in [6, 6.07) is 5.77. The number of hydrogen-bond donors (Lipinski definition) is 2. The van der Waals surface area contributed by atoms with E-state index < -0.39 is 0 Å². The Bertz CT molecular complexity index is 578. The summed E-state index contributed by atoms with van der Waals surface area (Å²) in [6.45, 7) is 0.782. The molecule has 3 heterocycles. The second-order valence-corrected chi connectivity index (χ2v) is 4.78. The van der Waals surface area contributed by atoms with Crippen molar-refractivity contribution in [1.29, 1.82) is 0 Å². The molecule has 0 bridgehead atoms. The first-order valence-electron chi connectivity index (χ1n) is 6.40. The van der Waals surface area contributed by atoms with E-state index in [1.807, 2.05) is 17.0 Å². The lowest BCUT2D eigenvalue weighted by molar-refractivity contribution is 0.0730. The molecule has 0 saturated carbocycles. The highest BCUT2D eigenvalue weighted by atomic mass is 16.2. The molecule has 0 radical (unpaired) electrons. The van der Waals surface area contributed by atoms with E-state index in [1.54, 1.807) is 24.7 Å². The number of likely N-dealkylation sites (tertiary alicyclic amines) is 1. The summed E-state index contributed by atoms with van der Waals surface area (Å²) in [6.07, 6.45) is 7.19. The van der Waals surface area contributed by atoms with Crippen LogP contribution in [0.2, 0.25) is 0 Å². The average Bonchev–Trinajstić information content (AvgIpc) is 3.07. The summed E-state index contributed by atoms with van der Waals surface area (Å²) in [4.78, 5) is 21.3. The van der Waals surface area contributed by atoms with Crippen LogP contribution in [0.1, 0.15) is 34.9 Å². The standard InChI is InChI=1S/C14H16N4O/c15-11-8-12(17-9-11)14(19)18-7-1-2-13(18)10-3-5-16-6-4-10/h3-6,8-9,13,17H,1-2,7,15H2. The quantitative estimate of drug-likeness (QED) is 0.862. The first kappa shape index (κ1) is 11.8. The smallest absolute Gasteiger partial charge is 0.270 e. The lowest BCUT2D eigenvalue weighted by Gasteiger charge is -2.24. The van der Waals surface area contributed by atoms with Gasteiger partial charge in [0.2, 0.25) is 0 Å². The van der Waals surface area contributed by atoms with Gasteiger partial charge in [0.25, 0.3) is 5.91 Å². The minimum absolute atomic E-state index is 0.0102. The Morgan fingerprint density at radius 1 is 1.42 bits per heavy atom. The Labute approximate surface area is 111 Å². The molecule has 2 aromatic rings. The van der Waals surface area contributed by atoms with Gasteiger partial charge in [-0.15, -0.1) is 0 Å². The first-order valence-corrected chi connectivity index (χ1v) is 6.40. The zero-order valence-electron chi connectivity index (χ0n) is 10.5. The van der Waals surface area contributed by atoms with Gasteiger partial charge < -0.3 is 15.6 Å². The first-order chi connectivity index (χ1) is 9.25. The number of aromatic nitrogens is 2. The number of aromatic amines is 1. The van der Waals surface area contributed by atoms with Crippen molar-refractivity contribution in [3.05, 3.63) is 48.0 Å². The van der Waals surface area contributed by atoms with Gasteiger partial charge in [0.05, 0.1) is 6.04 Å². The fourth-order valence-electron chi connectivity index (χ4n) is 2.63. The van der Waals surface area contributed by atoms with E-state index in [9.17, 15) is 4.79 Å². The minimum Gasteiger partial charge on any atom is -0.397 e. The number of rotatable bonds is 2. The summed E-state index contributed by atoms with van der Waals surface area (Å²) in [5.74, 6) is 0.0102. The van der Waals surface area contributed by atoms with E-state index >= 15 is 0 Å². The Kier molecular flexibility index (Phi) is 2.95. The molecule has 2 aromatic heterocycles. The molecule has 5 heteroatoms. The molecule has 1 saturated heterocycles. The van der Waals surface area contributed by atoms with E-state index in [0.717, 1.165) is 24.9 Å². The molecule has 3 N–H and O–H groups in total. The minimum atomic E-state index is 0.0102. The molecule has 19 heavy (non-hydrogen) atoms. The van der Waals surface area contributed by atoms with Gasteiger partial charge in [-0.25, -0.2) is 0 Å². The molecule has 0 spiro atoms. The highest BCUT2D eigenvalue weighted by molar-refractivity contribution is 5.93. The fourth-order valence-corrected chi connectivity index (χ4v) is 2.63. The number of nitrogens with one attached hydrogen (secondary N) is 1. The third-order valence-electron chi connectivity index (χ3n) is 3.54. The van der Waals surface area contributed by atoms with Crippen LogP contribution in [-0.2, 0) is 0 Å². The van der Waals surface area contributed by atoms with Gasteiger partial charge in [0.15, 0.2) is 0 Å². The predicted molar refractivity (Wildman–Crippen MR) is 72.5 cm³/mol. The van der Waals surface area contributed by atoms with E-state index in [0.29, 0.717) is 11.4 Å². The number of nitrogen functional groups attached to an aromatic ring is 1. The third kappa shape index (κ3) is 2.19. The van der Waals surface area contributed by atoms with Crippen molar-refractivity contribution in [3.8, 4) is 0 Å². The molecule has 1 aliphatic heterocycles. The second-order valence-electron chi connectivity index (χ2n) is 4.78. The summed E-state index contributed by atoms with van der Waals surface area (Å²) in [5, 5.41) is 0. The van der Waals surface area contributed by atoms with Gasteiger partial charge in [0.1, 0.15) is 5.69 Å². The monoisotopic (exact) mass is 256 g/mol. The Hall–Kier alpha value is -2.30. The molecular formula is C14H16N4O. The zero-order chi connectivity index (χ0) is 13.2. The number of pyridine rings is 1. The van der Waals surface area contributed by atoms with Crippen LogP contribution in [0, 0.1) is 0 Å². The van der Waals surface area contributed by atoms with Crippen molar-refractivity contribution < 1.29 is 4.79 Å². The summed E-state index contributed by atoms with van der Waals surface area (Å²) in [7, 11) is 0. The van der Waals surface area contributed by atoms with Gasteiger partial charge in [0, 0.05) is 30.8 Å². The van der Waals surface area contributed by atoms with E-state index in [2.05, 4.69) is 9.97 Å². The molecule has 5 nitrogen and oxygen atoms in total. The van der Waals surface area contributed by atoms with Gasteiger partial charge in [-0.2, -0.15) is 0 Å². The second kappa shape index (κ2) is 4.76. The van der Waals surface area contributed by atoms with Crippen molar-refractivity contribution in [3.63, 3.8) is 0 Å². The zero-order valence-corrected chi connectivity index (χ0v) is 10.5. The van der Waals surface area contributed by atoms with E-state index in [4.69, 9.17) is 5.73 Å². The SMILES string of the molecule is Nc1c[nH]c(C(=O)N2CCCC2c2ccncc2)c1. The molecule has 3 rings (SSSR count). The molecule has 98 valence electrons. The number of carbonyl (C=O) groups excluding carboxylic acids is 1. The van der Waals surface area contributed by atoms with Crippen LogP contribution >= 0.6 is 0 Å². The Morgan fingerprint density at radius 2 is 2.21 bits per heavy atom. The lowest BCUT2D eigenvalue weighted by Crippen LogP contribution is -2.30. The molecule has 0 aliphatic carbocycles. The van der Waals surface area contributed by atoms with Crippen molar-refractivity contribution in [1.82, 2.24) is 14.9 Å². The number of nitrogens with two attached hydrogens (primary N) is 1. The topological polar surface area (TPSA) is 75.0 Å². The average molecular weight is 256 g/mol. The maximum atomic E-state index is 12.5. The van der Waals surface area contributed by atoms with Crippen LogP contribution in [0.15, 0.2) is 36.8 Å². The van der Waals surface area contributed by atoms with Crippen LogP contribution in [0.25, 0.3) is 0 Å². The van der Waals surface area contributed by atoms with Crippen molar-refractivity contribution in [2.75, 3.05) is 12.3 Å². The van der Waals surface area contributed by atoms with Crippen LogP contribution < -0.4 is 5.73 Å².